The van der Waals surface area contributed by atoms with E-state index in [1.165, 1.54) is 15.9 Å². The van der Waals surface area contributed by atoms with Gasteiger partial charge < -0.3 is 5.73 Å². The SMILES string of the molecule is NC(=O)CCn1c(-c2ccc(Cl)cc2)nc2scc(-c3ccccc3)c2c1=O. The van der Waals surface area contributed by atoms with Gasteiger partial charge in [0.25, 0.3) is 5.56 Å². The van der Waals surface area contributed by atoms with E-state index in [2.05, 4.69) is 0 Å². The van der Waals surface area contributed by atoms with Gasteiger partial charge in [-0.25, -0.2) is 4.98 Å². The third-order valence-electron chi connectivity index (χ3n) is 4.46. The van der Waals surface area contributed by atoms with Crippen LogP contribution in [0.5, 0.6) is 0 Å². The van der Waals surface area contributed by atoms with Crippen molar-refractivity contribution in [1.82, 2.24) is 9.55 Å². The third-order valence-corrected chi connectivity index (χ3v) is 5.59. The molecule has 0 aliphatic carbocycles. The fourth-order valence-corrected chi connectivity index (χ4v) is 4.17. The summed E-state index contributed by atoms with van der Waals surface area (Å²) in [5.41, 5.74) is 7.68. The smallest absolute Gasteiger partial charge is 0.263 e. The van der Waals surface area contributed by atoms with E-state index in [9.17, 15) is 9.59 Å². The average Bonchev–Trinajstić information content (AvgIpc) is 3.12. The minimum atomic E-state index is -0.470. The van der Waals surface area contributed by atoms with E-state index in [4.69, 9.17) is 22.3 Å². The molecule has 0 spiro atoms. The van der Waals surface area contributed by atoms with Crippen LogP contribution in [0.1, 0.15) is 6.42 Å². The molecule has 28 heavy (non-hydrogen) atoms. The molecule has 2 aromatic heterocycles. The lowest BCUT2D eigenvalue weighted by atomic mass is 10.1. The first-order chi connectivity index (χ1) is 13.5. The van der Waals surface area contributed by atoms with E-state index >= 15 is 0 Å². The molecule has 0 unspecified atom stereocenters. The topological polar surface area (TPSA) is 78.0 Å². The minimum absolute atomic E-state index is 0.0541. The molecule has 0 fully saturated rings. The maximum Gasteiger partial charge on any atom is 0.263 e. The van der Waals surface area contributed by atoms with Gasteiger partial charge in [0.2, 0.25) is 5.91 Å². The molecule has 0 atom stereocenters. The van der Waals surface area contributed by atoms with Crippen molar-refractivity contribution in [3.8, 4) is 22.5 Å². The van der Waals surface area contributed by atoms with Gasteiger partial charge in [-0.2, -0.15) is 0 Å². The van der Waals surface area contributed by atoms with Crippen molar-refractivity contribution in [3.05, 3.63) is 75.4 Å². The number of aromatic nitrogens is 2. The number of rotatable bonds is 5. The summed E-state index contributed by atoms with van der Waals surface area (Å²) in [6.07, 6.45) is 0.0541. The Hall–Kier alpha value is -2.96. The van der Waals surface area contributed by atoms with Crippen molar-refractivity contribution in [1.29, 1.82) is 0 Å². The van der Waals surface area contributed by atoms with Crippen LogP contribution in [0, 0.1) is 0 Å². The molecule has 0 saturated heterocycles. The van der Waals surface area contributed by atoms with Crippen molar-refractivity contribution in [2.75, 3.05) is 0 Å². The number of carbonyl (C=O) groups excluding carboxylic acids is 1. The molecule has 2 aromatic carbocycles. The van der Waals surface area contributed by atoms with Crippen LogP contribution < -0.4 is 11.3 Å². The molecule has 4 aromatic rings. The zero-order valence-corrected chi connectivity index (χ0v) is 16.3. The molecule has 5 nitrogen and oxygen atoms in total. The predicted molar refractivity (Wildman–Crippen MR) is 114 cm³/mol. The summed E-state index contributed by atoms with van der Waals surface area (Å²) in [6, 6.07) is 16.8. The Balaban J connectivity index is 1.97. The second kappa shape index (κ2) is 7.58. The highest BCUT2D eigenvalue weighted by Crippen LogP contribution is 2.32. The normalized spacial score (nSPS) is 11.0. The zero-order chi connectivity index (χ0) is 19.7. The number of fused-ring (bicyclic) bond motifs is 1. The van der Waals surface area contributed by atoms with Crippen LogP contribution >= 0.6 is 22.9 Å². The third kappa shape index (κ3) is 3.44. The molecule has 0 aliphatic heterocycles. The van der Waals surface area contributed by atoms with E-state index in [0.29, 0.717) is 21.1 Å². The van der Waals surface area contributed by atoms with E-state index < -0.39 is 5.91 Å². The Morgan fingerprint density at radius 2 is 1.79 bits per heavy atom. The maximum absolute atomic E-state index is 13.4. The number of carbonyl (C=O) groups is 1. The van der Waals surface area contributed by atoms with Gasteiger partial charge in [-0.3, -0.25) is 14.2 Å². The lowest BCUT2D eigenvalue weighted by Crippen LogP contribution is -2.26. The van der Waals surface area contributed by atoms with Crippen LogP contribution in [-0.4, -0.2) is 15.5 Å². The lowest BCUT2D eigenvalue weighted by Gasteiger charge is -2.12. The summed E-state index contributed by atoms with van der Waals surface area (Å²) in [6.45, 7) is 0.166. The summed E-state index contributed by atoms with van der Waals surface area (Å²) in [4.78, 5) is 30.2. The van der Waals surface area contributed by atoms with Crippen LogP contribution in [0.15, 0.2) is 64.8 Å². The molecule has 0 aliphatic rings. The molecule has 2 N–H and O–H groups in total. The number of hydrogen-bond donors (Lipinski definition) is 1. The van der Waals surface area contributed by atoms with Crippen molar-refractivity contribution < 1.29 is 4.79 Å². The van der Waals surface area contributed by atoms with Gasteiger partial charge in [0.05, 0.1) is 5.39 Å². The van der Waals surface area contributed by atoms with Crippen LogP contribution in [-0.2, 0) is 11.3 Å². The second-order valence-electron chi connectivity index (χ2n) is 6.31. The number of primary amides is 1. The fraction of sp³-hybridized carbons (Fsp3) is 0.0952. The van der Waals surface area contributed by atoms with Crippen LogP contribution in [0.25, 0.3) is 32.7 Å². The Kier molecular flexibility index (Phi) is 4.98. The Labute approximate surface area is 170 Å². The molecule has 0 saturated carbocycles. The average molecular weight is 410 g/mol. The van der Waals surface area contributed by atoms with Gasteiger partial charge in [-0.1, -0.05) is 41.9 Å². The number of hydrogen-bond acceptors (Lipinski definition) is 4. The van der Waals surface area contributed by atoms with Gasteiger partial charge in [-0.15, -0.1) is 11.3 Å². The molecule has 140 valence electrons. The number of amides is 1. The van der Waals surface area contributed by atoms with Crippen LogP contribution in [0.2, 0.25) is 5.02 Å². The lowest BCUT2D eigenvalue weighted by molar-refractivity contribution is -0.118. The van der Waals surface area contributed by atoms with Gasteiger partial charge in [0.1, 0.15) is 10.7 Å². The van der Waals surface area contributed by atoms with Crippen molar-refractivity contribution >= 4 is 39.1 Å². The summed E-state index contributed by atoms with van der Waals surface area (Å²) in [5, 5.41) is 3.09. The number of thiophene rings is 1. The van der Waals surface area contributed by atoms with Gasteiger partial charge in [-0.05, 0) is 29.8 Å². The maximum atomic E-state index is 13.4. The van der Waals surface area contributed by atoms with E-state index in [-0.39, 0.29) is 18.5 Å². The zero-order valence-electron chi connectivity index (χ0n) is 14.8. The molecular formula is C21H16ClN3O2S. The van der Waals surface area contributed by atoms with Crippen molar-refractivity contribution in [2.24, 2.45) is 5.73 Å². The van der Waals surface area contributed by atoms with Crippen LogP contribution in [0.3, 0.4) is 0 Å². The molecule has 1 amide bonds. The quantitative estimate of drug-likeness (QED) is 0.533. The molecule has 2 heterocycles. The number of benzene rings is 2. The number of nitrogens with zero attached hydrogens (tertiary/aromatic N) is 2. The minimum Gasteiger partial charge on any atom is -0.370 e. The first-order valence-corrected chi connectivity index (χ1v) is 9.92. The standard InChI is InChI=1S/C21H16ClN3O2S/c22-15-8-6-14(7-9-15)19-24-20-18(21(27)25(19)11-10-17(23)26)16(12-28-20)13-4-2-1-3-5-13/h1-9,12H,10-11H2,(H2,23,26). The molecule has 7 heteroatoms. The van der Waals surface area contributed by atoms with Gasteiger partial charge in [0.15, 0.2) is 0 Å². The molecule has 0 radical (unpaired) electrons. The first kappa shape index (κ1) is 18.4. The predicted octanol–water partition coefficient (Wildman–Crippen LogP) is 4.32. The molecule has 4 rings (SSSR count). The van der Waals surface area contributed by atoms with E-state index in [1.807, 2.05) is 47.8 Å². The summed E-state index contributed by atoms with van der Waals surface area (Å²) in [7, 11) is 0. The largest absolute Gasteiger partial charge is 0.370 e. The van der Waals surface area contributed by atoms with E-state index in [0.717, 1.165) is 16.7 Å². The van der Waals surface area contributed by atoms with Crippen molar-refractivity contribution in [3.63, 3.8) is 0 Å². The van der Waals surface area contributed by atoms with Crippen molar-refractivity contribution in [2.45, 2.75) is 13.0 Å². The van der Waals surface area contributed by atoms with Gasteiger partial charge in [0, 0.05) is 34.5 Å². The van der Waals surface area contributed by atoms with E-state index in [1.54, 1.807) is 12.1 Å². The monoisotopic (exact) mass is 409 g/mol. The second-order valence-corrected chi connectivity index (χ2v) is 7.61. The highest BCUT2D eigenvalue weighted by atomic mass is 35.5. The van der Waals surface area contributed by atoms with Gasteiger partial charge >= 0.3 is 0 Å². The Bertz CT molecular complexity index is 1210. The Morgan fingerprint density at radius 1 is 1.07 bits per heavy atom. The Morgan fingerprint density at radius 3 is 2.46 bits per heavy atom. The number of nitrogens with two attached hydrogens (primary N) is 1. The number of halogens is 1. The van der Waals surface area contributed by atoms with Crippen LogP contribution in [0.4, 0.5) is 0 Å². The summed E-state index contributed by atoms with van der Waals surface area (Å²) < 4.78 is 1.52. The molecular weight excluding hydrogens is 394 g/mol. The first-order valence-electron chi connectivity index (χ1n) is 8.66. The molecule has 0 bridgehead atoms. The summed E-state index contributed by atoms with van der Waals surface area (Å²) >= 11 is 7.42. The fourth-order valence-electron chi connectivity index (χ4n) is 3.10. The highest BCUT2D eigenvalue weighted by molar-refractivity contribution is 7.17. The summed E-state index contributed by atoms with van der Waals surface area (Å²) in [5.74, 6) is 0.0273. The highest BCUT2D eigenvalue weighted by Gasteiger charge is 2.18.